The fourth-order valence-corrected chi connectivity index (χ4v) is 2.39. The van der Waals surface area contributed by atoms with Crippen LogP contribution in [0.1, 0.15) is 22.8 Å². The van der Waals surface area contributed by atoms with E-state index in [1.165, 1.54) is 6.20 Å². The minimum atomic E-state index is -0.553. The van der Waals surface area contributed by atoms with Crippen LogP contribution in [0.25, 0.3) is 0 Å². The molecule has 2 aromatic carbocycles. The average Bonchev–Trinajstić information content (AvgIpc) is 2.66. The van der Waals surface area contributed by atoms with E-state index in [0.717, 1.165) is 15.7 Å². The van der Waals surface area contributed by atoms with Crippen molar-refractivity contribution in [1.82, 2.24) is 0 Å². The number of nitrogens with one attached hydrogen (secondary N) is 2. The zero-order valence-corrected chi connectivity index (χ0v) is 16.5. The molecule has 0 aromatic heterocycles. The van der Waals surface area contributed by atoms with Gasteiger partial charge in [0.1, 0.15) is 11.6 Å². The Bertz CT molecular complexity index is 915. The summed E-state index contributed by atoms with van der Waals surface area (Å²) in [6.07, 6.45) is 1.35. The molecule has 0 aliphatic heterocycles. The summed E-state index contributed by atoms with van der Waals surface area (Å²) in [4.78, 5) is 23.9. The standard InChI is InChI=1S/C20H18BrN3O3/c1-3-27-20(26)14-4-6-16(7-5-14)24-19(25)15(11-22)12-23-17-8-9-18(21)13(2)10-17/h4-10,12,23H,3H2,1-2H3,(H,24,25)/b15-12-. The number of hydrogen-bond acceptors (Lipinski definition) is 5. The van der Waals surface area contributed by atoms with Gasteiger partial charge < -0.3 is 15.4 Å². The summed E-state index contributed by atoms with van der Waals surface area (Å²) < 4.78 is 5.88. The number of aryl methyl sites for hydroxylation is 1. The summed E-state index contributed by atoms with van der Waals surface area (Å²) in [5, 5.41) is 14.8. The molecule has 0 fully saturated rings. The molecular formula is C20H18BrN3O3. The number of anilines is 2. The van der Waals surface area contributed by atoms with Crippen LogP contribution in [0.4, 0.5) is 11.4 Å². The Morgan fingerprint density at radius 1 is 1.19 bits per heavy atom. The van der Waals surface area contributed by atoms with E-state index >= 15 is 0 Å². The molecule has 0 unspecified atom stereocenters. The van der Waals surface area contributed by atoms with Crippen molar-refractivity contribution in [3.63, 3.8) is 0 Å². The van der Waals surface area contributed by atoms with E-state index in [9.17, 15) is 14.9 Å². The van der Waals surface area contributed by atoms with Gasteiger partial charge in [0.25, 0.3) is 5.91 Å². The molecule has 2 rings (SSSR count). The van der Waals surface area contributed by atoms with Crippen LogP contribution in [0.5, 0.6) is 0 Å². The minimum absolute atomic E-state index is 0.0787. The lowest BCUT2D eigenvalue weighted by Gasteiger charge is -2.07. The third-order valence-corrected chi connectivity index (χ3v) is 4.45. The smallest absolute Gasteiger partial charge is 0.338 e. The van der Waals surface area contributed by atoms with Gasteiger partial charge in [-0.3, -0.25) is 4.79 Å². The number of ether oxygens (including phenoxy) is 1. The summed E-state index contributed by atoms with van der Waals surface area (Å²) in [7, 11) is 0. The summed E-state index contributed by atoms with van der Waals surface area (Å²) in [5.41, 5.74) is 2.56. The molecule has 0 saturated carbocycles. The first-order chi connectivity index (χ1) is 12.9. The Labute approximate surface area is 166 Å². The number of rotatable bonds is 6. The largest absolute Gasteiger partial charge is 0.462 e. The first-order valence-corrected chi connectivity index (χ1v) is 8.95. The maximum Gasteiger partial charge on any atom is 0.338 e. The molecule has 138 valence electrons. The van der Waals surface area contributed by atoms with Crippen molar-refractivity contribution in [2.45, 2.75) is 13.8 Å². The van der Waals surface area contributed by atoms with Gasteiger partial charge >= 0.3 is 5.97 Å². The fourth-order valence-electron chi connectivity index (χ4n) is 2.14. The maximum absolute atomic E-state index is 12.3. The van der Waals surface area contributed by atoms with E-state index in [-0.39, 0.29) is 5.57 Å². The summed E-state index contributed by atoms with van der Waals surface area (Å²) in [6.45, 7) is 3.96. The van der Waals surface area contributed by atoms with Crippen LogP contribution in [-0.2, 0) is 9.53 Å². The minimum Gasteiger partial charge on any atom is -0.462 e. The summed E-state index contributed by atoms with van der Waals surface area (Å²) >= 11 is 3.42. The van der Waals surface area contributed by atoms with Gasteiger partial charge in [0.2, 0.25) is 0 Å². The highest BCUT2D eigenvalue weighted by Crippen LogP contribution is 2.20. The summed E-state index contributed by atoms with van der Waals surface area (Å²) in [5.74, 6) is -0.982. The van der Waals surface area contributed by atoms with E-state index in [1.54, 1.807) is 31.2 Å². The SMILES string of the molecule is CCOC(=O)c1ccc(NC(=O)/C(C#N)=C\Nc2ccc(Br)c(C)c2)cc1. The normalized spacial score (nSPS) is 10.7. The second-order valence-corrected chi connectivity index (χ2v) is 6.38. The van der Waals surface area contributed by atoms with E-state index in [4.69, 9.17) is 4.74 Å². The number of hydrogen-bond donors (Lipinski definition) is 2. The molecule has 2 aromatic rings. The highest BCUT2D eigenvalue weighted by atomic mass is 79.9. The molecule has 0 aliphatic carbocycles. The van der Waals surface area contributed by atoms with Gasteiger partial charge in [-0.2, -0.15) is 5.26 Å². The predicted molar refractivity (Wildman–Crippen MR) is 107 cm³/mol. The fraction of sp³-hybridized carbons (Fsp3) is 0.150. The van der Waals surface area contributed by atoms with Gasteiger partial charge in [-0.25, -0.2) is 4.79 Å². The molecule has 2 N–H and O–H groups in total. The lowest BCUT2D eigenvalue weighted by atomic mass is 10.2. The Kier molecular flexibility index (Phi) is 7.15. The first kappa shape index (κ1) is 20.2. The van der Waals surface area contributed by atoms with Crippen LogP contribution in [-0.4, -0.2) is 18.5 Å². The van der Waals surface area contributed by atoms with E-state index in [2.05, 4.69) is 26.6 Å². The highest BCUT2D eigenvalue weighted by Gasteiger charge is 2.11. The number of halogens is 1. The molecule has 6 nitrogen and oxygen atoms in total. The number of carbonyl (C=O) groups is 2. The predicted octanol–water partition coefficient (Wildman–Crippen LogP) is 4.39. The van der Waals surface area contributed by atoms with Crippen LogP contribution >= 0.6 is 15.9 Å². The van der Waals surface area contributed by atoms with Crippen LogP contribution in [0.15, 0.2) is 58.7 Å². The molecule has 0 saturated heterocycles. The van der Waals surface area contributed by atoms with E-state index in [1.807, 2.05) is 31.2 Å². The van der Waals surface area contributed by atoms with Gasteiger partial charge in [0, 0.05) is 22.0 Å². The van der Waals surface area contributed by atoms with Gasteiger partial charge in [0.15, 0.2) is 0 Å². The number of carbonyl (C=O) groups excluding carboxylic acids is 2. The van der Waals surface area contributed by atoms with Crippen LogP contribution < -0.4 is 10.6 Å². The van der Waals surface area contributed by atoms with Crippen LogP contribution in [0.2, 0.25) is 0 Å². The highest BCUT2D eigenvalue weighted by molar-refractivity contribution is 9.10. The van der Waals surface area contributed by atoms with Crippen molar-refractivity contribution in [3.05, 3.63) is 69.8 Å². The molecule has 0 aliphatic rings. The monoisotopic (exact) mass is 427 g/mol. The summed E-state index contributed by atoms with van der Waals surface area (Å²) in [6, 6.07) is 13.7. The van der Waals surface area contributed by atoms with Crippen molar-refractivity contribution in [3.8, 4) is 6.07 Å². The Morgan fingerprint density at radius 3 is 2.44 bits per heavy atom. The Morgan fingerprint density at radius 2 is 1.85 bits per heavy atom. The number of nitrogens with zero attached hydrogens (tertiary/aromatic N) is 1. The topological polar surface area (TPSA) is 91.2 Å². The van der Waals surface area contributed by atoms with Crippen LogP contribution in [0.3, 0.4) is 0 Å². The molecular weight excluding hydrogens is 410 g/mol. The van der Waals surface area contributed by atoms with E-state index in [0.29, 0.717) is 17.9 Å². The van der Waals surface area contributed by atoms with Crippen LogP contribution in [0, 0.1) is 18.3 Å². The molecule has 0 heterocycles. The lowest BCUT2D eigenvalue weighted by molar-refractivity contribution is -0.112. The Balaban J connectivity index is 2.05. The van der Waals surface area contributed by atoms with Gasteiger partial charge in [-0.1, -0.05) is 15.9 Å². The second kappa shape index (κ2) is 9.55. The Hall–Kier alpha value is -3.11. The number of nitriles is 1. The lowest BCUT2D eigenvalue weighted by Crippen LogP contribution is -2.14. The van der Waals surface area contributed by atoms with Crippen molar-refractivity contribution >= 4 is 39.2 Å². The second-order valence-electron chi connectivity index (χ2n) is 5.53. The molecule has 0 radical (unpaired) electrons. The maximum atomic E-state index is 12.3. The number of esters is 1. The molecule has 0 atom stereocenters. The molecule has 1 amide bonds. The van der Waals surface area contributed by atoms with Gasteiger partial charge in [-0.05, 0) is 61.9 Å². The molecule has 0 bridgehead atoms. The van der Waals surface area contributed by atoms with Crippen molar-refractivity contribution in [2.24, 2.45) is 0 Å². The average molecular weight is 428 g/mol. The third kappa shape index (κ3) is 5.69. The van der Waals surface area contributed by atoms with Crippen molar-refractivity contribution in [1.29, 1.82) is 5.26 Å². The third-order valence-electron chi connectivity index (χ3n) is 3.56. The molecule has 0 spiro atoms. The quantitative estimate of drug-likeness (QED) is 0.405. The first-order valence-electron chi connectivity index (χ1n) is 8.16. The van der Waals surface area contributed by atoms with Crippen molar-refractivity contribution < 1.29 is 14.3 Å². The zero-order valence-electron chi connectivity index (χ0n) is 14.9. The van der Waals surface area contributed by atoms with Gasteiger partial charge in [0.05, 0.1) is 12.2 Å². The zero-order chi connectivity index (χ0) is 19.8. The molecule has 27 heavy (non-hydrogen) atoms. The molecule has 7 heteroatoms. The van der Waals surface area contributed by atoms with Gasteiger partial charge in [-0.15, -0.1) is 0 Å². The number of benzene rings is 2. The van der Waals surface area contributed by atoms with Crippen molar-refractivity contribution in [2.75, 3.05) is 17.2 Å². The number of amides is 1. The van der Waals surface area contributed by atoms with E-state index < -0.39 is 11.9 Å².